The molecule has 2 nitrogen and oxygen atoms in total. The Kier molecular flexibility index (Phi) is 6.38. The van der Waals surface area contributed by atoms with Crippen LogP contribution in [-0.2, 0) is 0 Å². The molecule has 1 aromatic rings. The number of rotatable bonds is 7. The standard InChI is InChI=1S/C18H29NO/c1-3-4-14-20-17-12-10-16(11-13-17)18(19-2)15-8-6-5-7-9-15/h10-13,15,18-19H,3-9,14H2,1-2H3. The molecule has 0 bridgehead atoms. The zero-order valence-electron chi connectivity index (χ0n) is 13.0. The Morgan fingerprint density at radius 3 is 2.45 bits per heavy atom. The lowest BCUT2D eigenvalue weighted by Crippen LogP contribution is -2.26. The first-order valence-electron chi connectivity index (χ1n) is 8.25. The van der Waals surface area contributed by atoms with Crippen LogP contribution in [0, 0.1) is 5.92 Å². The van der Waals surface area contributed by atoms with E-state index in [0.717, 1.165) is 24.7 Å². The molecule has 1 aliphatic rings. The molecular weight excluding hydrogens is 246 g/mol. The third-order valence-electron chi connectivity index (χ3n) is 4.44. The number of ether oxygens (including phenoxy) is 1. The number of hydrogen-bond acceptors (Lipinski definition) is 2. The second kappa shape index (κ2) is 8.31. The smallest absolute Gasteiger partial charge is 0.119 e. The maximum atomic E-state index is 5.74. The Morgan fingerprint density at radius 2 is 1.85 bits per heavy atom. The van der Waals surface area contributed by atoms with Crippen LogP contribution in [0.1, 0.15) is 63.5 Å². The largest absolute Gasteiger partial charge is 0.494 e. The molecule has 0 radical (unpaired) electrons. The molecule has 0 aliphatic heterocycles. The topological polar surface area (TPSA) is 21.3 Å². The lowest BCUT2D eigenvalue weighted by atomic mass is 9.81. The Labute approximate surface area is 123 Å². The lowest BCUT2D eigenvalue weighted by molar-refractivity contribution is 0.281. The van der Waals surface area contributed by atoms with Crippen molar-refractivity contribution >= 4 is 0 Å². The van der Waals surface area contributed by atoms with Gasteiger partial charge in [0.1, 0.15) is 5.75 Å². The summed E-state index contributed by atoms with van der Waals surface area (Å²) in [4.78, 5) is 0. The fraction of sp³-hybridized carbons (Fsp3) is 0.667. The molecule has 0 spiro atoms. The number of benzene rings is 1. The molecule has 1 fully saturated rings. The van der Waals surface area contributed by atoms with Crippen molar-refractivity contribution in [1.29, 1.82) is 0 Å². The van der Waals surface area contributed by atoms with E-state index >= 15 is 0 Å². The molecule has 1 saturated carbocycles. The van der Waals surface area contributed by atoms with E-state index in [1.807, 2.05) is 0 Å². The second-order valence-corrected chi connectivity index (χ2v) is 5.94. The zero-order chi connectivity index (χ0) is 14.2. The molecule has 0 heterocycles. The van der Waals surface area contributed by atoms with Gasteiger partial charge in [0.15, 0.2) is 0 Å². The summed E-state index contributed by atoms with van der Waals surface area (Å²) in [6, 6.07) is 9.21. The third-order valence-corrected chi connectivity index (χ3v) is 4.44. The summed E-state index contributed by atoms with van der Waals surface area (Å²) in [5.41, 5.74) is 1.40. The maximum absolute atomic E-state index is 5.74. The van der Waals surface area contributed by atoms with Crippen LogP contribution in [0.5, 0.6) is 5.75 Å². The molecule has 1 atom stereocenters. The normalized spacial score (nSPS) is 17.9. The van der Waals surface area contributed by atoms with Crippen LogP contribution < -0.4 is 10.1 Å². The van der Waals surface area contributed by atoms with E-state index < -0.39 is 0 Å². The lowest BCUT2D eigenvalue weighted by Gasteiger charge is -2.30. The highest BCUT2D eigenvalue weighted by Gasteiger charge is 2.23. The van der Waals surface area contributed by atoms with Gasteiger partial charge in [-0.2, -0.15) is 0 Å². The second-order valence-electron chi connectivity index (χ2n) is 5.94. The van der Waals surface area contributed by atoms with Crippen LogP contribution in [0.3, 0.4) is 0 Å². The van der Waals surface area contributed by atoms with Crippen molar-refractivity contribution in [2.24, 2.45) is 5.92 Å². The summed E-state index contributed by atoms with van der Waals surface area (Å²) in [5, 5.41) is 3.52. The van der Waals surface area contributed by atoms with Gasteiger partial charge in [0.2, 0.25) is 0 Å². The first-order chi connectivity index (χ1) is 9.85. The van der Waals surface area contributed by atoms with Crippen LogP contribution >= 0.6 is 0 Å². The highest BCUT2D eigenvalue weighted by atomic mass is 16.5. The number of unbranched alkanes of at least 4 members (excludes halogenated alkanes) is 1. The predicted octanol–water partition coefficient (Wildman–Crippen LogP) is 4.71. The first-order valence-corrected chi connectivity index (χ1v) is 8.25. The molecular formula is C18H29NO. The van der Waals surface area contributed by atoms with Crippen molar-refractivity contribution in [2.45, 2.75) is 57.9 Å². The van der Waals surface area contributed by atoms with E-state index in [4.69, 9.17) is 4.74 Å². The van der Waals surface area contributed by atoms with E-state index in [2.05, 4.69) is 43.6 Å². The summed E-state index contributed by atoms with van der Waals surface area (Å²) in [7, 11) is 2.09. The van der Waals surface area contributed by atoms with Gasteiger partial charge in [-0.15, -0.1) is 0 Å². The zero-order valence-corrected chi connectivity index (χ0v) is 13.0. The van der Waals surface area contributed by atoms with Crippen LogP contribution in [0.4, 0.5) is 0 Å². The fourth-order valence-electron chi connectivity index (χ4n) is 3.25. The molecule has 1 aromatic carbocycles. The third kappa shape index (κ3) is 4.24. The van der Waals surface area contributed by atoms with Gasteiger partial charge in [0.25, 0.3) is 0 Å². The molecule has 1 unspecified atom stereocenters. The molecule has 0 aromatic heterocycles. The highest BCUT2D eigenvalue weighted by Crippen LogP contribution is 2.34. The average molecular weight is 275 g/mol. The molecule has 2 heteroatoms. The molecule has 20 heavy (non-hydrogen) atoms. The van der Waals surface area contributed by atoms with Gasteiger partial charge >= 0.3 is 0 Å². The fourth-order valence-corrected chi connectivity index (χ4v) is 3.25. The van der Waals surface area contributed by atoms with Crippen molar-refractivity contribution in [2.75, 3.05) is 13.7 Å². The van der Waals surface area contributed by atoms with Crippen LogP contribution in [0.25, 0.3) is 0 Å². The molecule has 1 aliphatic carbocycles. The van der Waals surface area contributed by atoms with E-state index in [0.29, 0.717) is 6.04 Å². The quantitative estimate of drug-likeness (QED) is 0.728. The van der Waals surface area contributed by atoms with Gasteiger partial charge in [-0.3, -0.25) is 0 Å². The van der Waals surface area contributed by atoms with Crippen molar-refractivity contribution in [1.82, 2.24) is 5.32 Å². The van der Waals surface area contributed by atoms with Crippen molar-refractivity contribution < 1.29 is 4.74 Å². The Balaban J connectivity index is 1.95. The van der Waals surface area contributed by atoms with Gasteiger partial charge in [-0.1, -0.05) is 44.7 Å². The number of nitrogens with one attached hydrogen (secondary N) is 1. The summed E-state index contributed by atoms with van der Waals surface area (Å²) in [6.07, 6.45) is 9.23. The van der Waals surface area contributed by atoms with Gasteiger partial charge in [0.05, 0.1) is 6.61 Å². The van der Waals surface area contributed by atoms with Crippen molar-refractivity contribution in [3.63, 3.8) is 0 Å². The minimum atomic E-state index is 0.500. The summed E-state index contributed by atoms with van der Waals surface area (Å²) in [6.45, 7) is 3.02. The van der Waals surface area contributed by atoms with Gasteiger partial charge in [0, 0.05) is 6.04 Å². The Bertz CT molecular complexity index is 368. The van der Waals surface area contributed by atoms with E-state index in [1.165, 1.54) is 44.1 Å². The van der Waals surface area contributed by atoms with Gasteiger partial charge < -0.3 is 10.1 Å². The summed E-state index contributed by atoms with van der Waals surface area (Å²) >= 11 is 0. The number of hydrogen-bond donors (Lipinski definition) is 1. The van der Waals surface area contributed by atoms with Crippen LogP contribution in [0.2, 0.25) is 0 Å². The SMILES string of the molecule is CCCCOc1ccc(C(NC)C2CCCCC2)cc1. The highest BCUT2D eigenvalue weighted by molar-refractivity contribution is 5.29. The van der Waals surface area contributed by atoms with E-state index in [9.17, 15) is 0 Å². The molecule has 1 N–H and O–H groups in total. The minimum Gasteiger partial charge on any atom is -0.494 e. The average Bonchev–Trinajstić information content (AvgIpc) is 2.51. The van der Waals surface area contributed by atoms with E-state index in [1.54, 1.807) is 0 Å². The van der Waals surface area contributed by atoms with Gasteiger partial charge in [-0.05, 0) is 49.9 Å². The van der Waals surface area contributed by atoms with Crippen molar-refractivity contribution in [3.05, 3.63) is 29.8 Å². The summed E-state index contributed by atoms with van der Waals surface area (Å²) in [5.74, 6) is 1.79. The Morgan fingerprint density at radius 1 is 1.15 bits per heavy atom. The monoisotopic (exact) mass is 275 g/mol. The van der Waals surface area contributed by atoms with Crippen LogP contribution in [0.15, 0.2) is 24.3 Å². The molecule has 0 amide bonds. The van der Waals surface area contributed by atoms with Gasteiger partial charge in [-0.25, -0.2) is 0 Å². The minimum absolute atomic E-state index is 0.500. The predicted molar refractivity (Wildman–Crippen MR) is 85.2 cm³/mol. The van der Waals surface area contributed by atoms with Crippen molar-refractivity contribution in [3.8, 4) is 5.75 Å². The first kappa shape index (κ1) is 15.4. The molecule has 112 valence electrons. The molecule has 2 rings (SSSR count). The maximum Gasteiger partial charge on any atom is 0.119 e. The van der Waals surface area contributed by atoms with E-state index in [-0.39, 0.29) is 0 Å². The van der Waals surface area contributed by atoms with Crippen LogP contribution in [-0.4, -0.2) is 13.7 Å². The summed E-state index contributed by atoms with van der Waals surface area (Å²) < 4.78 is 5.74. The molecule has 0 saturated heterocycles. The Hall–Kier alpha value is -1.02.